The number of fused-ring (bicyclic) bond motifs is 2. The molecular formula is C27H39N3O. The highest BCUT2D eigenvalue weighted by Crippen LogP contribution is 2.53. The molecule has 1 saturated heterocycles. The molecule has 1 saturated carbocycles. The van der Waals surface area contributed by atoms with E-state index in [-0.39, 0.29) is 11.3 Å². The third kappa shape index (κ3) is 3.25. The molecule has 31 heavy (non-hydrogen) atoms. The highest BCUT2D eigenvalue weighted by molar-refractivity contribution is 5.90. The average Bonchev–Trinajstić information content (AvgIpc) is 3.15. The fraction of sp³-hybridized carbons (Fsp3) is 0.667. The molecule has 4 heteroatoms. The van der Waals surface area contributed by atoms with Gasteiger partial charge in [-0.05, 0) is 75.6 Å². The Bertz CT molecular complexity index is 970. The summed E-state index contributed by atoms with van der Waals surface area (Å²) in [6.45, 7) is 8.72. The zero-order chi connectivity index (χ0) is 21.8. The smallest absolute Gasteiger partial charge is 0.225 e. The van der Waals surface area contributed by atoms with Gasteiger partial charge >= 0.3 is 0 Å². The van der Waals surface area contributed by atoms with Crippen molar-refractivity contribution in [1.29, 1.82) is 0 Å². The highest BCUT2D eigenvalue weighted by atomic mass is 16.1. The third-order valence-electron chi connectivity index (χ3n) is 8.74. The Balaban J connectivity index is 1.64. The maximum absolute atomic E-state index is 13.2. The van der Waals surface area contributed by atoms with E-state index in [1.807, 2.05) is 0 Å². The Labute approximate surface area is 187 Å². The van der Waals surface area contributed by atoms with Gasteiger partial charge in [0.1, 0.15) is 0 Å². The lowest BCUT2D eigenvalue weighted by Crippen LogP contribution is -2.61. The molecule has 0 radical (unpaired) electrons. The maximum atomic E-state index is 13.2. The van der Waals surface area contributed by atoms with E-state index < -0.39 is 0 Å². The molecule has 0 bridgehead atoms. The highest BCUT2D eigenvalue weighted by Gasteiger charge is 2.53. The predicted molar refractivity (Wildman–Crippen MR) is 127 cm³/mol. The quantitative estimate of drug-likeness (QED) is 0.703. The minimum atomic E-state index is -0.378. The number of hydrogen-bond acceptors (Lipinski definition) is 2. The number of aromatic nitrogens is 1. The lowest BCUT2D eigenvalue weighted by Gasteiger charge is -2.54. The summed E-state index contributed by atoms with van der Waals surface area (Å²) in [5.74, 6) is 0.797. The van der Waals surface area contributed by atoms with Gasteiger partial charge in [0.25, 0.3) is 0 Å². The minimum Gasteiger partial charge on any atom is -0.369 e. The van der Waals surface area contributed by atoms with Crippen molar-refractivity contribution in [2.75, 3.05) is 13.1 Å². The zero-order valence-electron chi connectivity index (χ0n) is 19.6. The van der Waals surface area contributed by atoms with Gasteiger partial charge in [-0.2, -0.15) is 0 Å². The molecule has 3 aliphatic rings. The van der Waals surface area contributed by atoms with Crippen molar-refractivity contribution in [3.63, 3.8) is 0 Å². The minimum absolute atomic E-state index is 0.0447. The van der Waals surface area contributed by atoms with E-state index in [9.17, 15) is 4.79 Å². The van der Waals surface area contributed by atoms with Gasteiger partial charge < -0.3 is 10.3 Å². The number of carbonyl (C=O) groups excluding carboxylic acids is 1. The molecule has 2 heterocycles. The van der Waals surface area contributed by atoms with Gasteiger partial charge in [-0.1, -0.05) is 38.3 Å². The summed E-state index contributed by atoms with van der Waals surface area (Å²) in [6, 6.07) is 7.78. The first-order valence-electron chi connectivity index (χ1n) is 12.6. The number of hydrogen-bond donors (Lipinski definition) is 1. The van der Waals surface area contributed by atoms with E-state index in [0.717, 1.165) is 32.4 Å². The molecule has 4 nitrogen and oxygen atoms in total. The average molecular weight is 422 g/mol. The maximum Gasteiger partial charge on any atom is 0.225 e. The Morgan fingerprint density at radius 3 is 2.68 bits per heavy atom. The Morgan fingerprint density at radius 1 is 1.23 bits per heavy atom. The van der Waals surface area contributed by atoms with Crippen molar-refractivity contribution >= 4 is 16.8 Å². The number of piperidine rings is 1. The number of amides is 1. The molecule has 2 fully saturated rings. The molecule has 2 aliphatic carbocycles. The summed E-state index contributed by atoms with van der Waals surface area (Å²) in [6.07, 6.45) is 11.7. The molecule has 0 spiro atoms. The van der Waals surface area contributed by atoms with Crippen LogP contribution >= 0.6 is 0 Å². The van der Waals surface area contributed by atoms with Gasteiger partial charge in [-0.15, -0.1) is 0 Å². The number of primary amides is 1. The fourth-order valence-corrected chi connectivity index (χ4v) is 7.32. The van der Waals surface area contributed by atoms with E-state index in [0.29, 0.717) is 23.9 Å². The largest absolute Gasteiger partial charge is 0.369 e. The number of carbonyl (C=O) groups is 1. The molecule has 1 aliphatic heterocycles. The van der Waals surface area contributed by atoms with E-state index >= 15 is 0 Å². The van der Waals surface area contributed by atoms with Gasteiger partial charge in [0, 0.05) is 41.6 Å². The first-order valence-corrected chi connectivity index (χ1v) is 12.6. The fourth-order valence-electron chi connectivity index (χ4n) is 7.32. The lowest BCUT2D eigenvalue weighted by atomic mass is 9.58. The first-order chi connectivity index (χ1) is 15.0. The summed E-state index contributed by atoms with van der Waals surface area (Å²) >= 11 is 0. The number of rotatable bonds is 5. The molecule has 5 rings (SSSR count). The van der Waals surface area contributed by atoms with Crippen molar-refractivity contribution in [1.82, 2.24) is 9.47 Å². The molecule has 2 aromatic rings. The molecule has 168 valence electrons. The lowest BCUT2D eigenvalue weighted by molar-refractivity contribution is -0.139. The summed E-state index contributed by atoms with van der Waals surface area (Å²) < 4.78 is 2.44. The normalized spacial score (nSPS) is 29.4. The van der Waals surface area contributed by atoms with Crippen LogP contribution in [0.25, 0.3) is 10.9 Å². The van der Waals surface area contributed by atoms with Crippen molar-refractivity contribution < 1.29 is 4.79 Å². The van der Waals surface area contributed by atoms with Crippen LogP contribution in [0.4, 0.5) is 0 Å². The predicted octanol–water partition coefficient (Wildman–Crippen LogP) is 5.40. The van der Waals surface area contributed by atoms with Crippen LogP contribution in [0.2, 0.25) is 0 Å². The van der Waals surface area contributed by atoms with Crippen LogP contribution in [0, 0.1) is 11.3 Å². The summed E-state index contributed by atoms with van der Waals surface area (Å²) in [7, 11) is 0. The Kier molecular flexibility index (Phi) is 5.40. The molecule has 2 N–H and O–H groups in total. The van der Waals surface area contributed by atoms with Gasteiger partial charge in [-0.25, -0.2) is 0 Å². The van der Waals surface area contributed by atoms with Gasteiger partial charge in [0.2, 0.25) is 5.91 Å². The van der Waals surface area contributed by atoms with Crippen LogP contribution in [0.1, 0.15) is 88.8 Å². The van der Waals surface area contributed by atoms with Crippen molar-refractivity contribution in [2.24, 2.45) is 17.1 Å². The molecule has 3 atom stereocenters. The Hall–Kier alpha value is -1.81. The SMILES string of the molecule is CCCN1CC(C(N)=O)(C2CCCCC2)C[C@@H]2c3cccc4c3c(cn4C(C)C)C[C@H]21. The van der Waals surface area contributed by atoms with Gasteiger partial charge in [-0.3, -0.25) is 9.69 Å². The standard InChI is InChI=1S/C27H39N3O/c1-4-13-29-17-27(26(28)31,20-9-6-5-7-10-20)15-22-21-11-8-12-23-25(21)19(14-24(22)29)16-30(23)18(2)3/h8,11-12,16,18,20,22,24H,4-7,9-10,13-15,17H2,1-3H3,(H2,28,31)/t22-,24-,27?/m1/s1. The monoisotopic (exact) mass is 421 g/mol. The second kappa shape index (κ2) is 7.95. The van der Waals surface area contributed by atoms with Crippen LogP contribution in [0.3, 0.4) is 0 Å². The second-order valence-electron chi connectivity index (χ2n) is 10.8. The Morgan fingerprint density at radius 2 is 2.00 bits per heavy atom. The van der Waals surface area contributed by atoms with Crippen LogP contribution in [-0.2, 0) is 11.2 Å². The van der Waals surface area contributed by atoms with E-state index in [1.165, 1.54) is 54.1 Å². The molecular weight excluding hydrogens is 382 g/mol. The number of nitrogens with zero attached hydrogens (tertiary/aromatic N) is 2. The van der Waals surface area contributed by atoms with Crippen LogP contribution in [0.5, 0.6) is 0 Å². The van der Waals surface area contributed by atoms with Gasteiger partial charge in [0.05, 0.1) is 5.41 Å². The van der Waals surface area contributed by atoms with Crippen LogP contribution < -0.4 is 5.73 Å². The molecule has 1 unspecified atom stereocenters. The molecule has 1 aromatic heterocycles. The topological polar surface area (TPSA) is 51.3 Å². The number of nitrogens with two attached hydrogens (primary N) is 1. The van der Waals surface area contributed by atoms with Crippen LogP contribution in [0.15, 0.2) is 24.4 Å². The second-order valence-corrected chi connectivity index (χ2v) is 10.8. The number of benzene rings is 1. The van der Waals surface area contributed by atoms with Crippen LogP contribution in [-0.4, -0.2) is 34.5 Å². The summed E-state index contributed by atoms with van der Waals surface area (Å²) in [5, 5.41) is 1.46. The third-order valence-corrected chi connectivity index (χ3v) is 8.74. The number of likely N-dealkylation sites (tertiary alicyclic amines) is 1. The van der Waals surface area contributed by atoms with E-state index in [1.54, 1.807) is 0 Å². The summed E-state index contributed by atoms with van der Waals surface area (Å²) in [4.78, 5) is 15.8. The van der Waals surface area contributed by atoms with Crippen molar-refractivity contribution in [3.05, 3.63) is 35.5 Å². The van der Waals surface area contributed by atoms with E-state index in [4.69, 9.17) is 5.73 Å². The van der Waals surface area contributed by atoms with E-state index in [2.05, 4.69) is 54.6 Å². The summed E-state index contributed by atoms with van der Waals surface area (Å²) in [5.41, 5.74) is 10.2. The molecule has 1 amide bonds. The zero-order valence-corrected chi connectivity index (χ0v) is 19.6. The molecule has 1 aromatic carbocycles. The van der Waals surface area contributed by atoms with Crippen molar-refractivity contribution in [3.8, 4) is 0 Å². The van der Waals surface area contributed by atoms with Crippen molar-refractivity contribution in [2.45, 2.75) is 90.1 Å². The first kappa shape index (κ1) is 21.1. The van der Waals surface area contributed by atoms with Gasteiger partial charge in [0.15, 0.2) is 0 Å².